The normalized spacial score (nSPS) is 10.9. The maximum atomic E-state index is 13.0. The molecule has 0 aliphatic heterocycles. The van der Waals surface area contributed by atoms with E-state index in [1.807, 2.05) is 31.2 Å². The molecule has 0 fully saturated rings. The van der Waals surface area contributed by atoms with Crippen molar-refractivity contribution in [3.63, 3.8) is 0 Å². The third kappa shape index (κ3) is 7.34. The summed E-state index contributed by atoms with van der Waals surface area (Å²) in [4.78, 5) is 32.9. The number of anilines is 3. The van der Waals surface area contributed by atoms with Crippen LogP contribution in [-0.4, -0.2) is 43.8 Å². The van der Waals surface area contributed by atoms with Crippen LogP contribution in [0.15, 0.2) is 51.5 Å². The van der Waals surface area contributed by atoms with E-state index in [1.165, 1.54) is 34.1 Å². The van der Waals surface area contributed by atoms with E-state index in [4.69, 9.17) is 17.0 Å². The van der Waals surface area contributed by atoms with Crippen LogP contribution in [0.25, 0.3) is 10.9 Å². The number of nitrogens with zero attached hydrogens (tertiary/aromatic N) is 4. The Labute approximate surface area is 235 Å². The van der Waals surface area contributed by atoms with Crippen molar-refractivity contribution in [1.29, 1.82) is 0 Å². The van der Waals surface area contributed by atoms with Gasteiger partial charge in [-0.3, -0.25) is 9.59 Å². The van der Waals surface area contributed by atoms with Gasteiger partial charge < -0.3 is 15.4 Å². The molecule has 37 heavy (non-hydrogen) atoms. The lowest BCUT2D eigenvalue weighted by Crippen LogP contribution is -2.20. The Bertz CT molecular complexity index is 1510. The van der Waals surface area contributed by atoms with Crippen molar-refractivity contribution in [2.45, 2.75) is 31.2 Å². The molecule has 1 amide bonds. The number of hydrogen-bond donors (Lipinski definition) is 2. The van der Waals surface area contributed by atoms with Gasteiger partial charge in [0.1, 0.15) is 30.2 Å². The van der Waals surface area contributed by atoms with Crippen molar-refractivity contribution in [3.05, 3.63) is 51.2 Å². The standard InChI is InChI=1S/C24H23BrN6O3S3/c1-3-34-20-11-18-17(22(27-13-26-18)28-16-6-4-5-15(25)9-16)10-19(20)29-21(33)12-31-24(35)37-23(30-31)36-8-7-14(2)32/h4-6,9-11,13H,3,7-8,12H2,1-2H3,(H,29,33)(H,26,27,28). The number of carbonyl (C=O) groups is 2. The number of ether oxygens (including phenoxy) is 1. The van der Waals surface area contributed by atoms with Crippen LogP contribution < -0.4 is 15.4 Å². The van der Waals surface area contributed by atoms with Crippen LogP contribution in [0.5, 0.6) is 5.75 Å². The zero-order valence-corrected chi connectivity index (χ0v) is 24.0. The van der Waals surface area contributed by atoms with Gasteiger partial charge in [-0.25, -0.2) is 14.6 Å². The third-order valence-electron chi connectivity index (χ3n) is 4.96. The number of amides is 1. The molecule has 2 aromatic heterocycles. The first-order valence-electron chi connectivity index (χ1n) is 11.3. The van der Waals surface area contributed by atoms with Gasteiger partial charge in [-0.05, 0) is 50.3 Å². The van der Waals surface area contributed by atoms with Gasteiger partial charge in [0.15, 0.2) is 8.29 Å². The lowest BCUT2D eigenvalue weighted by atomic mass is 10.1. The van der Waals surface area contributed by atoms with Crippen molar-refractivity contribution in [1.82, 2.24) is 19.7 Å². The van der Waals surface area contributed by atoms with E-state index < -0.39 is 0 Å². The molecule has 4 aromatic rings. The molecule has 0 unspecified atom stereocenters. The average molecular weight is 620 g/mol. The zero-order chi connectivity index (χ0) is 26.4. The van der Waals surface area contributed by atoms with E-state index in [1.54, 1.807) is 19.1 Å². The number of thioether (sulfide) groups is 1. The van der Waals surface area contributed by atoms with Gasteiger partial charge in [0.2, 0.25) is 5.91 Å². The summed E-state index contributed by atoms with van der Waals surface area (Å²) < 4.78 is 9.41. The maximum Gasteiger partial charge on any atom is 0.246 e. The molecule has 0 atom stereocenters. The van der Waals surface area contributed by atoms with Crippen molar-refractivity contribution in [2.75, 3.05) is 23.0 Å². The second-order valence-electron chi connectivity index (χ2n) is 7.80. The van der Waals surface area contributed by atoms with Gasteiger partial charge >= 0.3 is 0 Å². The second kappa shape index (κ2) is 12.6. The van der Waals surface area contributed by atoms with E-state index in [0.717, 1.165) is 19.9 Å². The van der Waals surface area contributed by atoms with Crippen LogP contribution in [-0.2, 0) is 16.1 Å². The number of benzene rings is 2. The number of ketones is 1. The molecule has 0 spiro atoms. The van der Waals surface area contributed by atoms with E-state index >= 15 is 0 Å². The Morgan fingerprint density at radius 3 is 2.84 bits per heavy atom. The molecule has 2 heterocycles. The Balaban J connectivity index is 1.57. The van der Waals surface area contributed by atoms with Gasteiger partial charge in [-0.15, -0.1) is 0 Å². The Morgan fingerprint density at radius 1 is 1.24 bits per heavy atom. The minimum absolute atomic E-state index is 0.0549. The molecular weight excluding hydrogens is 596 g/mol. The summed E-state index contributed by atoms with van der Waals surface area (Å²) in [5.74, 6) is 1.53. The van der Waals surface area contributed by atoms with Crippen LogP contribution in [0.4, 0.5) is 17.2 Å². The molecule has 0 aliphatic rings. The number of halogens is 1. The quantitative estimate of drug-likeness (QED) is 0.149. The minimum Gasteiger partial charge on any atom is -0.492 e. The minimum atomic E-state index is -0.305. The lowest BCUT2D eigenvalue weighted by Gasteiger charge is -2.15. The number of rotatable bonds is 11. The molecule has 2 N–H and O–H groups in total. The van der Waals surface area contributed by atoms with E-state index in [-0.39, 0.29) is 18.2 Å². The molecule has 0 aliphatic carbocycles. The SMILES string of the molecule is CCOc1cc2ncnc(Nc3cccc(Br)c3)c2cc1NC(=O)Cn1nc(SCCC(C)=O)sc1=S. The molecular formula is C24H23BrN6O3S3. The van der Waals surface area contributed by atoms with Gasteiger partial charge in [0.05, 0.1) is 17.8 Å². The van der Waals surface area contributed by atoms with Crippen molar-refractivity contribution in [3.8, 4) is 5.75 Å². The summed E-state index contributed by atoms with van der Waals surface area (Å²) in [5, 5.41) is 11.4. The first-order chi connectivity index (χ1) is 17.8. The fourth-order valence-corrected chi connectivity index (χ4v) is 6.15. The maximum absolute atomic E-state index is 13.0. The predicted octanol–water partition coefficient (Wildman–Crippen LogP) is 6.23. The topological polar surface area (TPSA) is 111 Å². The number of Topliss-reactive ketones (excluding diaryl/α,β-unsaturated/α-hetero) is 1. The van der Waals surface area contributed by atoms with Crippen LogP contribution in [0.3, 0.4) is 0 Å². The van der Waals surface area contributed by atoms with Gasteiger partial charge in [0, 0.05) is 33.8 Å². The van der Waals surface area contributed by atoms with Crippen LogP contribution in [0, 0.1) is 3.95 Å². The molecule has 2 aromatic carbocycles. The van der Waals surface area contributed by atoms with Crippen molar-refractivity contribution >= 4 is 91.0 Å². The monoisotopic (exact) mass is 618 g/mol. The number of carbonyl (C=O) groups excluding carboxylic acids is 2. The lowest BCUT2D eigenvalue weighted by molar-refractivity contribution is -0.117. The smallest absolute Gasteiger partial charge is 0.246 e. The first kappa shape index (κ1) is 27.2. The predicted molar refractivity (Wildman–Crippen MR) is 154 cm³/mol. The Morgan fingerprint density at radius 2 is 2.08 bits per heavy atom. The highest BCUT2D eigenvalue weighted by Gasteiger charge is 2.15. The zero-order valence-electron chi connectivity index (χ0n) is 20.0. The molecule has 192 valence electrons. The highest BCUT2D eigenvalue weighted by atomic mass is 79.9. The summed E-state index contributed by atoms with van der Waals surface area (Å²) in [6, 6.07) is 11.3. The largest absolute Gasteiger partial charge is 0.492 e. The van der Waals surface area contributed by atoms with Gasteiger partial charge in [0.25, 0.3) is 0 Å². The summed E-state index contributed by atoms with van der Waals surface area (Å²) in [6.45, 7) is 3.79. The average Bonchev–Trinajstić information content (AvgIpc) is 3.18. The third-order valence-corrected chi connectivity index (χ3v) is 7.89. The summed E-state index contributed by atoms with van der Waals surface area (Å²) in [6.07, 6.45) is 1.94. The fraction of sp³-hybridized carbons (Fsp3) is 0.250. The molecule has 0 saturated heterocycles. The van der Waals surface area contributed by atoms with Crippen molar-refractivity contribution < 1.29 is 14.3 Å². The second-order valence-corrected chi connectivity index (χ2v) is 11.7. The first-order valence-corrected chi connectivity index (χ1v) is 14.3. The number of fused-ring (bicyclic) bond motifs is 1. The Hall–Kier alpha value is -2.87. The van der Waals surface area contributed by atoms with Gasteiger partial charge in [-0.1, -0.05) is 45.1 Å². The van der Waals surface area contributed by atoms with Crippen molar-refractivity contribution in [2.24, 2.45) is 0 Å². The molecule has 4 rings (SSSR count). The Kier molecular flexibility index (Phi) is 9.24. The molecule has 0 saturated carbocycles. The van der Waals surface area contributed by atoms with E-state index in [9.17, 15) is 9.59 Å². The summed E-state index contributed by atoms with van der Waals surface area (Å²) >= 11 is 11.6. The summed E-state index contributed by atoms with van der Waals surface area (Å²) in [5.41, 5.74) is 2.01. The number of hydrogen-bond acceptors (Lipinski definition) is 10. The molecule has 9 nitrogen and oxygen atoms in total. The summed E-state index contributed by atoms with van der Waals surface area (Å²) in [7, 11) is 0. The number of nitrogens with one attached hydrogen (secondary N) is 2. The van der Waals surface area contributed by atoms with Crippen LogP contribution in [0.1, 0.15) is 20.3 Å². The molecule has 0 bridgehead atoms. The van der Waals surface area contributed by atoms with Crippen LogP contribution in [0.2, 0.25) is 0 Å². The molecule has 13 heteroatoms. The highest BCUT2D eigenvalue weighted by Crippen LogP contribution is 2.34. The highest BCUT2D eigenvalue weighted by molar-refractivity contribution is 9.10. The molecule has 0 radical (unpaired) electrons. The van der Waals surface area contributed by atoms with E-state index in [2.05, 4.69) is 41.6 Å². The van der Waals surface area contributed by atoms with E-state index in [0.29, 0.717) is 45.5 Å². The number of aromatic nitrogens is 4. The van der Waals surface area contributed by atoms with Crippen LogP contribution >= 0.6 is 51.2 Å². The fourth-order valence-electron chi connectivity index (χ4n) is 3.31. The van der Waals surface area contributed by atoms with Gasteiger partial charge in [-0.2, -0.15) is 5.10 Å².